The first kappa shape index (κ1) is 14.7. The van der Waals surface area contributed by atoms with E-state index in [-0.39, 0.29) is 11.9 Å². The first-order valence-electron chi connectivity index (χ1n) is 7.33. The van der Waals surface area contributed by atoms with E-state index in [0.717, 1.165) is 38.8 Å². The summed E-state index contributed by atoms with van der Waals surface area (Å²) in [6.45, 7) is 0. The van der Waals surface area contributed by atoms with E-state index in [1.54, 1.807) is 6.20 Å². The molecule has 4 rings (SSSR count). The van der Waals surface area contributed by atoms with E-state index in [4.69, 9.17) is 11.6 Å². The molecule has 0 fully saturated rings. The van der Waals surface area contributed by atoms with Crippen molar-refractivity contribution in [3.8, 4) is 0 Å². The number of carbonyl (C=O) groups excluding carboxylic acids is 1. The smallest absolute Gasteiger partial charge is 0.251 e. The van der Waals surface area contributed by atoms with Gasteiger partial charge in [0.2, 0.25) is 0 Å². The summed E-state index contributed by atoms with van der Waals surface area (Å²) in [7, 11) is 0. The summed E-state index contributed by atoms with van der Waals surface area (Å²) in [4.78, 5) is 12.6. The Bertz CT molecular complexity index is 921. The Kier molecular flexibility index (Phi) is 3.62. The quantitative estimate of drug-likeness (QED) is 0.681. The van der Waals surface area contributed by atoms with Crippen molar-refractivity contribution in [2.45, 2.75) is 18.9 Å². The molecule has 0 aliphatic heterocycles. The Hall–Kier alpha value is -1.85. The van der Waals surface area contributed by atoms with Gasteiger partial charge in [0.1, 0.15) is 0 Å². The number of nitrogens with zero attached hydrogens (tertiary/aromatic N) is 1. The summed E-state index contributed by atoms with van der Waals surface area (Å²) in [6.07, 6.45) is 3.55. The van der Waals surface area contributed by atoms with Gasteiger partial charge in [0.05, 0.1) is 17.8 Å². The number of rotatable bonds is 2. The molecule has 3 aromatic rings. The summed E-state index contributed by atoms with van der Waals surface area (Å²) in [6, 6.07) is 9.55. The summed E-state index contributed by atoms with van der Waals surface area (Å²) < 4.78 is 0.830. The van der Waals surface area contributed by atoms with Crippen molar-refractivity contribution in [1.82, 2.24) is 15.5 Å². The van der Waals surface area contributed by atoms with Crippen LogP contribution in [-0.4, -0.2) is 16.1 Å². The molecule has 0 saturated carbocycles. The minimum absolute atomic E-state index is 0.0357. The Labute approximate surface area is 146 Å². The average Bonchev–Trinajstić information content (AvgIpc) is 3.14. The van der Waals surface area contributed by atoms with Crippen LogP contribution in [0.1, 0.15) is 33.9 Å². The zero-order chi connectivity index (χ0) is 16.0. The van der Waals surface area contributed by atoms with E-state index in [2.05, 4.69) is 31.4 Å². The number of amides is 1. The Balaban J connectivity index is 1.61. The topological polar surface area (TPSA) is 57.8 Å². The molecule has 1 aromatic heterocycles. The van der Waals surface area contributed by atoms with Crippen molar-refractivity contribution in [3.63, 3.8) is 0 Å². The second-order valence-electron chi connectivity index (χ2n) is 5.70. The predicted molar refractivity (Wildman–Crippen MR) is 93.8 cm³/mol. The SMILES string of the molecule is O=C(NC1CCc2cc(Cl)ccc21)c1cc(Br)c2[nH]ncc2c1. The van der Waals surface area contributed by atoms with Crippen LogP contribution in [0.3, 0.4) is 0 Å². The minimum Gasteiger partial charge on any atom is -0.345 e. The third-order valence-electron chi connectivity index (χ3n) is 4.25. The van der Waals surface area contributed by atoms with Gasteiger partial charge in [-0.1, -0.05) is 17.7 Å². The highest BCUT2D eigenvalue weighted by Gasteiger charge is 2.24. The van der Waals surface area contributed by atoms with Crippen LogP contribution < -0.4 is 5.32 Å². The molecule has 1 unspecified atom stereocenters. The summed E-state index contributed by atoms with van der Waals surface area (Å²) in [5.74, 6) is -0.0819. The van der Waals surface area contributed by atoms with Gasteiger partial charge in [-0.05, 0) is 64.2 Å². The van der Waals surface area contributed by atoms with Crippen molar-refractivity contribution in [2.75, 3.05) is 0 Å². The number of aromatic amines is 1. The van der Waals surface area contributed by atoms with Gasteiger partial charge in [0.15, 0.2) is 0 Å². The van der Waals surface area contributed by atoms with Gasteiger partial charge in [0, 0.05) is 20.4 Å². The van der Waals surface area contributed by atoms with Crippen LogP contribution in [0.5, 0.6) is 0 Å². The number of aromatic nitrogens is 2. The molecule has 23 heavy (non-hydrogen) atoms. The average molecular weight is 391 g/mol. The fraction of sp³-hybridized carbons (Fsp3) is 0.176. The van der Waals surface area contributed by atoms with Crippen LogP contribution in [0.2, 0.25) is 5.02 Å². The molecule has 0 spiro atoms. The van der Waals surface area contributed by atoms with Gasteiger partial charge in [0.25, 0.3) is 5.91 Å². The highest BCUT2D eigenvalue weighted by atomic mass is 79.9. The van der Waals surface area contributed by atoms with E-state index in [1.807, 2.05) is 30.3 Å². The second-order valence-corrected chi connectivity index (χ2v) is 6.99. The Morgan fingerprint density at radius 2 is 2.22 bits per heavy atom. The van der Waals surface area contributed by atoms with Crippen LogP contribution in [0.4, 0.5) is 0 Å². The lowest BCUT2D eigenvalue weighted by Crippen LogP contribution is -2.27. The van der Waals surface area contributed by atoms with Crippen molar-refractivity contribution < 1.29 is 4.79 Å². The van der Waals surface area contributed by atoms with Crippen molar-refractivity contribution in [2.24, 2.45) is 0 Å². The van der Waals surface area contributed by atoms with Gasteiger partial charge >= 0.3 is 0 Å². The van der Waals surface area contributed by atoms with E-state index in [9.17, 15) is 4.79 Å². The zero-order valence-electron chi connectivity index (χ0n) is 12.1. The number of nitrogens with one attached hydrogen (secondary N) is 2. The van der Waals surface area contributed by atoms with Crippen LogP contribution >= 0.6 is 27.5 Å². The number of H-pyrrole nitrogens is 1. The van der Waals surface area contributed by atoms with E-state index >= 15 is 0 Å². The summed E-state index contributed by atoms with van der Waals surface area (Å²) >= 11 is 9.51. The van der Waals surface area contributed by atoms with Gasteiger partial charge in [-0.2, -0.15) is 5.10 Å². The minimum atomic E-state index is -0.0819. The van der Waals surface area contributed by atoms with Gasteiger partial charge < -0.3 is 5.32 Å². The third kappa shape index (κ3) is 2.64. The predicted octanol–water partition coefficient (Wildman–Crippen LogP) is 4.40. The molecular formula is C17H13BrClN3O. The highest BCUT2D eigenvalue weighted by molar-refractivity contribution is 9.10. The normalized spacial score (nSPS) is 16.5. The Morgan fingerprint density at radius 1 is 1.35 bits per heavy atom. The van der Waals surface area contributed by atoms with E-state index in [1.165, 1.54) is 5.56 Å². The first-order valence-corrected chi connectivity index (χ1v) is 8.51. The monoisotopic (exact) mass is 389 g/mol. The molecule has 1 aliphatic rings. The molecule has 2 aromatic carbocycles. The van der Waals surface area contributed by atoms with E-state index in [0.29, 0.717) is 5.56 Å². The maximum Gasteiger partial charge on any atom is 0.251 e. The molecule has 0 bridgehead atoms. The summed E-state index contributed by atoms with van der Waals surface area (Å²) in [5.41, 5.74) is 3.89. The molecule has 6 heteroatoms. The third-order valence-corrected chi connectivity index (χ3v) is 5.11. The largest absolute Gasteiger partial charge is 0.345 e. The number of aryl methyl sites for hydroxylation is 1. The lowest BCUT2D eigenvalue weighted by Gasteiger charge is -2.14. The molecule has 1 heterocycles. The number of benzene rings is 2. The highest BCUT2D eigenvalue weighted by Crippen LogP contribution is 2.33. The van der Waals surface area contributed by atoms with Crippen LogP contribution in [0, 0.1) is 0 Å². The lowest BCUT2D eigenvalue weighted by atomic mass is 10.1. The second kappa shape index (κ2) is 5.65. The number of hydrogen-bond donors (Lipinski definition) is 2. The number of carbonyl (C=O) groups is 1. The lowest BCUT2D eigenvalue weighted by molar-refractivity contribution is 0.0937. The molecule has 0 radical (unpaired) electrons. The molecule has 4 nitrogen and oxygen atoms in total. The molecule has 1 atom stereocenters. The molecule has 1 aliphatic carbocycles. The number of halogens is 2. The number of hydrogen-bond acceptors (Lipinski definition) is 2. The first-order chi connectivity index (χ1) is 11.1. The maximum absolute atomic E-state index is 12.6. The Morgan fingerprint density at radius 3 is 3.09 bits per heavy atom. The molecule has 116 valence electrons. The van der Waals surface area contributed by atoms with Crippen LogP contribution in [0.15, 0.2) is 41.0 Å². The molecule has 0 saturated heterocycles. The van der Waals surface area contributed by atoms with Gasteiger partial charge in [-0.3, -0.25) is 9.89 Å². The molecule has 1 amide bonds. The molecule has 2 N–H and O–H groups in total. The zero-order valence-corrected chi connectivity index (χ0v) is 14.4. The van der Waals surface area contributed by atoms with Crippen LogP contribution in [0.25, 0.3) is 10.9 Å². The standard InChI is InChI=1S/C17H13BrClN3O/c18-14-7-10(5-11-8-20-22-16(11)14)17(23)21-15-4-1-9-6-12(19)2-3-13(9)15/h2-3,5-8,15H,1,4H2,(H,20,22)(H,21,23). The van der Waals surface area contributed by atoms with Crippen molar-refractivity contribution in [3.05, 3.63) is 62.7 Å². The van der Waals surface area contributed by atoms with Crippen molar-refractivity contribution >= 4 is 44.3 Å². The maximum atomic E-state index is 12.6. The summed E-state index contributed by atoms with van der Waals surface area (Å²) in [5, 5.41) is 11.7. The fourth-order valence-corrected chi connectivity index (χ4v) is 3.88. The number of fused-ring (bicyclic) bond motifs is 2. The van der Waals surface area contributed by atoms with Gasteiger partial charge in [-0.15, -0.1) is 0 Å². The van der Waals surface area contributed by atoms with Crippen LogP contribution in [-0.2, 0) is 6.42 Å². The molecular weight excluding hydrogens is 378 g/mol. The van der Waals surface area contributed by atoms with Crippen molar-refractivity contribution in [1.29, 1.82) is 0 Å². The fourth-order valence-electron chi connectivity index (χ4n) is 3.12. The van der Waals surface area contributed by atoms with Gasteiger partial charge in [-0.25, -0.2) is 0 Å². The van der Waals surface area contributed by atoms with E-state index < -0.39 is 0 Å².